The average molecular weight is 368 g/mol. The summed E-state index contributed by atoms with van der Waals surface area (Å²) in [7, 11) is 1.83. The van der Waals surface area contributed by atoms with Crippen molar-refractivity contribution in [1.29, 1.82) is 0 Å². The SMILES string of the molecule is CC(=O)CCCCNC1(C)C(=O)N(C)C2C=C(c3cccc(N)c3)NC1=C2. The van der Waals surface area contributed by atoms with E-state index in [4.69, 9.17) is 5.73 Å². The molecule has 2 aliphatic rings. The number of Topliss-reactive ketones (excluding diaryl/α,β-unsaturated/α-hetero) is 1. The molecule has 0 radical (unpaired) electrons. The number of likely N-dealkylation sites (N-methyl/N-ethyl adjacent to an activating group) is 1. The van der Waals surface area contributed by atoms with E-state index < -0.39 is 5.54 Å². The maximum absolute atomic E-state index is 13.0. The van der Waals surface area contributed by atoms with E-state index in [2.05, 4.69) is 16.7 Å². The Hall–Kier alpha value is -2.60. The van der Waals surface area contributed by atoms with E-state index in [1.807, 2.05) is 44.3 Å². The molecular formula is C21H28N4O2. The molecule has 2 heterocycles. The van der Waals surface area contributed by atoms with Crippen molar-refractivity contribution in [1.82, 2.24) is 15.5 Å². The summed E-state index contributed by atoms with van der Waals surface area (Å²) in [6, 6.07) is 7.63. The number of carbonyl (C=O) groups is 2. The number of unbranched alkanes of at least 4 members (excludes halogenated alkanes) is 1. The Bertz CT molecular complexity index is 814. The number of dihydropyridines is 1. The molecule has 2 atom stereocenters. The minimum Gasteiger partial charge on any atom is -0.399 e. The zero-order chi connectivity index (χ0) is 19.6. The summed E-state index contributed by atoms with van der Waals surface area (Å²) < 4.78 is 0. The third kappa shape index (κ3) is 3.90. The average Bonchev–Trinajstić information content (AvgIpc) is 2.64. The number of ketones is 1. The Kier molecular flexibility index (Phi) is 5.37. The number of nitrogens with one attached hydrogen (secondary N) is 2. The number of nitrogens with two attached hydrogens (primary N) is 1. The molecule has 2 aliphatic heterocycles. The predicted octanol–water partition coefficient (Wildman–Crippen LogP) is 2.04. The van der Waals surface area contributed by atoms with Gasteiger partial charge in [0.2, 0.25) is 5.91 Å². The highest BCUT2D eigenvalue weighted by Gasteiger charge is 2.45. The van der Waals surface area contributed by atoms with E-state index in [1.54, 1.807) is 11.8 Å². The third-order valence-electron chi connectivity index (χ3n) is 5.31. The van der Waals surface area contributed by atoms with Gasteiger partial charge in [0.05, 0.1) is 6.04 Å². The van der Waals surface area contributed by atoms with Crippen molar-refractivity contribution in [3.63, 3.8) is 0 Å². The second-order valence-corrected chi connectivity index (χ2v) is 7.53. The van der Waals surface area contributed by atoms with E-state index in [-0.39, 0.29) is 17.7 Å². The number of anilines is 1. The van der Waals surface area contributed by atoms with E-state index >= 15 is 0 Å². The first-order chi connectivity index (χ1) is 12.8. The van der Waals surface area contributed by atoms with Gasteiger partial charge in [0.15, 0.2) is 0 Å². The first kappa shape index (κ1) is 19.2. The standard InChI is InChI=1S/C21H28N4O2/c1-14(26)7-4-5-10-23-21(2)19-13-17(25(3)20(21)27)12-18(24-19)15-8-6-9-16(22)11-15/h6,8-9,11-13,17,23-24H,4-5,7,10,22H2,1-3H3. The van der Waals surface area contributed by atoms with Gasteiger partial charge in [-0.3, -0.25) is 10.1 Å². The van der Waals surface area contributed by atoms with Gasteiger partial charge in [-0.1, -0.05) is 12.1 Å². The Morgan fingerprint density at radius 1 is 1.33 bits per heavy atom. The van der Waals surface area contributed by atoms with E-state index in [0.29, 0.717) is 18.7 Å². The number of hydrogen-bond donors (Lipinski definition) is 3. The highest BCUT2D eigenvalue weighted by Crippen LogP contribution is 2.32. The van der Waals surface area contributed by atoms with Crippen molar-refractivity contribution in [2.24, 2.45) is 0 Å². The number of carbonyl (C=O) groups excluding carboxylic acids is 2. The molecule has 0 saturated carbocycles. The fourth-order valence-electron chi connectivity index (χ4n) is 3.62. The van der Waals surface area contributed by atoms with Crippen LogP contribution in [0.4, 0.5) is 5.69 Å². The molecular weight excluding hydrogens is 340 g/mol. The Morgan fingerprint density at radius 3 is 2.81 bits per heavy atom. The molecule has 6 nitrogen and oxygen atoms in total. The smallest absolute Gasteiger partial charge is 0.249 e. The lowest BCUT2D eigenvalue weighted by molar-refractivity contribution is -0.136. The summed E-state index contributed by atoms with van der Waals surface area (Å²) in [5.41, 5.74) is 8.63. The molecule has 0 aliphatic carbocycles. The molecule has 2 bridgehead atoms. The van der Waals surface area contributed by atoms with Gasteiger partial charge < -0.3 is 20.7 Å². The van der Waals surface area contributed by atoms with Crippen molar-refractivity contribution in [2.75, 3.05) is 19.3 Å². The van der Waals surface area contributed by atoms with E-state index in [0.717, 1.165) is 29.8 Å². The first-order valence-electron chi connectivity index (χ1n) is 9.40. The molecule has 1 aromatic rings. The monoisotopic (exact) mass is 368 g/mol. The maximum atomic E-state index is 13.0. The molecule has 0 aromatic heterocycles. The number of fused-ring (bicyclic) bond motifs is 1. The number of nitrogens with zero attached hydrogens (tertiary/aromatic N) is 1. The highest BCUT2D eigenvalue weighted by molar-refractivity contribution is 5.93. The molecule has 2 unspecified atom stereocenters. The third-order valence-corrected chi connectivity index (χ3v) is 5.31. The zero-order valence-corrected chi connectivity index (χ0v) is 16.2. The second kappa shape index (κ2) is 7.56. The van der Waals surface area contributed by atoms with Crippen molar-refractivity contribution in [2.45, 2.75) is 44.7 Å². The van der Waals surface area contributed by atoms with Gasteiger partial charge in [-0.25, -0.2) is 0 Å². The number of amides is 1. The number of hydrogen-bond acceptors (Lipinski definition) is 5. The molecule has 144 valence electrons. The first-order valence-corrected chi connectivity index (χ1v) is 9.40. The van der Waals surface area contributed by atoms with Crippen LogP contribution >= 0.6 is 0 Å². The van der Waals surface area contributed by atoms with Crippen molar-refractivity contribution < 1.29 is 9.59 Å². The molecule has 6 heteroatoms. The highest BCUT2D eigenvalue weighted by atomic mass is 16.2. The normalized spacial score (nSPS) is 24.2. The Labute approximate surface area is 160 Å². The van der Waals surface area contributed by atoms with Crippen LogP contribution in [0, 0.1) is 0 Å². The van der Waals surface area contributed by atoms with E-state index in [9.17, 15) is 9.59 Å². The van der Waals surface area contributed by atoms with Gasteiger partial charge in [0.25, 0.3) is 0 Å². The molecule has 1 aromatic carbocycles. The van der Waals surface area contributed by atoms with Gasteiger partial charge in [0.1, 0.15) is 11.3 Å². The lowest BCUT2D eigenvalue weighted by Gasteiger charge is -2.45. The molecule has 3 rings (SSSR count). The van der Waals surface area contributed by atoms with E-state index in [1.165, 1.54) is 0 Å². The van der Waals surface area contributed by atoms with Crippen LogP contribution in [0.5, 0.6) is 0 Å². The quantitative estimate of drug-likeness (QED) is 0.506. The lowest BCUT2D eigenvalue weighted by atomic mass is 9.86. The topological polar surface area (TPSA) is 87.5 Å². The fourth-order valence-corrected chi connectivity index (χ4v) is 3.62. The summed E-state index contributed by atoms with van der Waals surface area (Å²) in [6.45, 7) is 4.19. The minimum absolute atomic E-state index is 0.0342. The van der Waals surface area contributed by atoms with Crippen molar-refractivity contribution >= 4 is 23.1 Å². The van der Waals surface area contributed by atoms with Crippen LogP contribution in [0.3, 0.4) is 0 Å². The van der Waals surface area contributed by atoms with Crippen molar-refractivity contribution in [3.05, 3.63) is 47.7 Å². The van der Waals surface area contributed by atoms with Crippen LogP contribution < -0.4 is 16.4 Å². The summed E-state index contributed by atoms with van der Waals surface area (Å²) in [5.74, 6) is 0.234. The fraction of sp³-hybridized carbons (Fsp3) is 0.429. The van der Waals surface area contributed by atoms with Crippen LogP contribution in [0.25, 0.3) is 5.70 Å². The van der Waals surface area contributed by atoms with Crippen molar-refractivity contribution in [3.8, 4) is 0 Å². The largest absolute Gasteiger partial charge is 0.399 e. The van der Waals surface area contributed by atoms with Gasteiger partial charge in [-0.05, 0) is 63.1 Å². The van der Waals surface area contributed by atoms with Crippen LogP contribution in [-0.4, -0.2) is 41.8 Å². The number of rotatable bonds is 7. The minimum atomic E-state index is -0.818. The van der Waals surface area contributed by atoms with Gasteiger partial charge in [-0.2, -0.15) is 0 Å². The molecule has 0 spiro atoms. The summed E-state index contributed by atoms with van der Waals surface area (Å²) >= 11 is 0. The summed E-state index contributed by atoms with van der Waals surface area (Å²) in [5, 5.41) is 6.84. The molecule has 4 N–H and O–H groups in total. The number of benzene rings is 1. The van der Waals surface area contributed by atoms with Gasteiger partial charge >= 0.3 is 0 Å². The molecule has 0 fully saturated rings. The lowest BCUT2D eigenvalue weighted by Crippen LogP contribution is -2.64. The Morgan fingerprint density at radius 2 is 2.11 bits per heavy atom. The van der Waals surface area contributed by atoms with Gasteiger partial charge in [-0.15, -0.1) is 0 Å². The van der Waals surface area contributed by atoms with Crippen LogP contribution in [0.1, 0.15) is 38.7 Å². The summed E-state index contributed by atoms with van der Waals surface area (Å²) in [6.07, 6.45) is 6.38. The Balaban J connectivity index is 1.77. The molecule has 0 saturated heterocycles. The number of nitrogen functional groups attached to an aromatic ring is 1. The second-order valence-electron chi connectivity index (χ2n) is 7.53. The van der Waals surface area contributed by atoms with Crippen LogP contribution in [0.15, 0.2) is 42.1 Å². The summed E-state index contributed by atoms with van der Waals surface area (Å²) in [4.78, 5) is 25.9. The predicted molar refractivity (Wildman–Crippen MR) is 108 cm³/mol. The molecule has 1 amide bonds. The zero-order valence-electron chi connectivity index (χ0n) is 16.2. The van der Waals surface area contributed by atoms with Crippen LogP contribution in [0.2, 0.25) is 0 Å². The van der Waals surface area contributed by atoms with Crippen LogP contribution in [-0.2, 0) is 9.59 Å². The maximum Gasteiger partial charge on any atom is 0.249 e. The van der Waals surface area contributed by atoms with Gasteiger partial charge in [0, 0.05) is 30.5 Å². The molecule has 27 heavy (non-hydrogen) atoms.